The molecule has 0 amide bonds. The van der Waals surface area contributed by atoms with Crippen molar-refractivity contribution in [2.75, 3.05) is 0 Å². The zero-order valence-corrected chi connectivity index (χ0v) is 11.9. The second-order valence-corrected chi connectivity index (χ2v) is 6.28. The molecule has 0 saturated heterocycles. The summed E-state index contributed by atoms with van der Waals surface area (Å²) in [6.45, 7) is 6.25. The van der Waals surface area contributed by atoms with Crippen LogP contribution in [0.15, 0.2) is 23.2 Å². The Morgan fingerprint density at radius 2 is 2.06 bits per heavy atom. The smallest absolute Gasteiger partial charge is 0.242 e. The van der Waals surface area contributed by atoms with Crippen molar-refractivity contribution in [3.63, 3.8) is 0 Å². The summed E-state index contributed by atoms with van der Waals surface area (Å²) in [5, 5.41) is 0. The normalized spacial score (nSPS) is 13.8. The summed E-state index contributed by atoms with van der Waals surface area (Å²) in [6, 6.07) is 3.10. The summed E-state index contributed by atoms with van der Waals surface area (Å²) in [4.78, 5) is 4.18. The summed E-state index contributed by atoms with van der Waals surface area (Å²) in [6.07, 6.45) is 2.10. The first-order valence-corrected chi connectivity index (χ1v) is 7.56. The van der Waals surface area contributed by atoms with Gasteiger partial charge in [-0.05, 0) is 24.5 Å². The maximum atomic E-state index is 12.1. The van der Waals surface area contributed by atoms with Crippen LogP contribution in [0.2, 0.25) is 0 Å². The Bertz CT molecular complexity index is 469. The fraction of sp³-hybridized carbons (Fsp3) is 0.583. The third kappa shape index (κ3) is 3.76. The second kappa shape index (κ2) is 6.26. The quantitative estimate of drug-likeness (QED) is 0.815. The Balaban J connectivity index is 2.91. The second-order valence-electron chi connectivity index (χ2n) is 4.57. The number of pyridine rings is 1. The van der Waals surface area contributed by atoms with E-state index < -0.39 is 10.0 Å². The lowest BCUT2D eigenvalue weighted by Gasteiger charge is -2.20. The van der Waals surface area contributed by atoms with Crippen LogP contribution in [0.5, 0.6) is 0 Å². The number of sulfonamides is 1. The van der Waals surface area contributed by atoms with Gasteiger partial charge in [0.25, 0.3) is 0 Å². The van der Waals surface area contributed by atoms with Crippen LogP contribution in [0.25, 0.3) is 0 Å². The Hall–Kier alpha value is -0.980. The molecule has 0 radical (unpaired) electrons. The van der Waals surface area contributed by atoms with E-state index in [0.717, 1.165) is 6.42 Å². The summed E-state index contributed by atoms with van der Waals surface area (Å²) >= 11 is 0. The Kier molecular flexibility index (Phi) is 5.25. The molecule has 102 valence electrons. The zero-order valence-electron chi connectivity index (χ0n) is 11.1. The van der Waals surface area contributed by atoms with Crippen LogP contribution >= 0.6 is 0 Å². The van der Waals surface area contributed by atoms with Crippen molar-refractivity contribution in [1.82, 2.24) is 9.71 Å². The van der Waals surface area contributed by atoms with Gasteiger partial charge in [0.2, 0.25) is 10.0 Å². The van der Waals surface area contributed by atoms with Gasteiger partial charge in [0, 0.05) is 18.8 Å². The third-order valence-corrected chi connectivity index (χ3v) is 4.34. The molecule has 0 aromatic carbocycles. The van der Waals surface area contributed by atoms with Gasteiger partial charge >= 0.3 is 0 Å². The number of nitrogens with one attached hydrogen (secondary N) is 1. The fourth-order valence-electron chi connectivity index (χ4n) is 1.65. The minimum absolute atomic E-state index is 0.0656. The molecule has 0 bridgehead atoms. The van der Waals surface area contributed by atoms with Crippen LogP contribution < -0.4 is 10.5 Å². The predicted octanol–water partition coefficient (Wildman–Crippen LogP) is 1.25. The number of nitrogens with zero attached hydrogens (tertiary/aromatic N) is 1. The van der Waals surface area contributed by atoms with E-state index in [0.29, 0.717) is 12.2 Å². The number of hydrogen-bond donors (Lipinski definition) is 2. The van der Waals surface area contributed by atoms with Gasteiger partial charge in [0.15, 0.2) is 0 Å². The molecule has 1 atom stereocenters. The number of aromatic nitrogens is 1. The highest BCUT2D eigenvalue weighted by Crippen LogP contribution is 2.13. The van der Waals surface area contributed by atoms with Gasteiger partial charge in [0.05, 0.1) is 5.69 Å². The molecule has 0 fully saturated rings. The largest absolute Gasteiger partial charge is 0.325 e. The van der Waals surface area contributed by atoms with E-state index in [9.17, 15) is 8.42 Å². The zero-order chi connectivity index (χ0) is 13.8. The first-order chi connectivity index (χ1) is 8.40. The number of rotatable bonds is 6. The molecule has 0 spiro atoms. The summed E-state index contributed by atoms with van der Waals surface area (Å²) < 4.78 is 26.9. The standard InChI is InChI=1S/C12H21N3O2S/c1-4-12(9(2)3)15-18(16,17)11-6-5-10(7-13)14-8-11/h5-6,8-9,12,15H,4,7,13H2,1-3H3. The van der Waals surface area contributed by atoms with Crippen LogP contribution in [-0.2, 0) is 16.6 Å². The highest BCUT2D eigenvalue weighted by atomic mass is 32.2. The molecule has 0 aliphatic carbocycles. The van der Waals surface area contributed by atoms with Gasteiger partial charge in [-0.3, -0.25) is 4.98 Å². The minimum Gasteiger partial charge on any atom is -0.325 e. The van der Waals surface area contributed by atoms with Crippen LogP contribution in [0.1, 0.15) is 32.9 Å². The van der Waals surface area contributed by atoms with Crippen LogP contribution in [0.4, 0.5) is 0 Å². The third-order valence-electron chi connectivity index (χ3n) is 2.87. The lowest BCUT2D eigenvalue weighted by Crippen LogP contribution is -2.38. The van der Waals surface area contributed by atoms with E-state index >= 15 is 0 Å². The monoisotopic (exact) mass is 271 g/mol. The Morgan fingerprint density at radius 3 is 2.44 bits per heavy atom. The maximum Gasteiger partial charge on any atom is 0.242 e. The number of nitrogens with two attached hydrogens (primary N) is 1. The lowest BCUT2D eigenvalue weighted by atomic mass is 10.0. The summed E-state index contributed by atoms with van der Waals surface area (Å²) in [5.41, 5.74) is 6.09. The molecule has 3 N–H and O–H groups in total. The molecule has 0 aliphatic rings. The Morgan fingerprint density at radius 1 is 1.39 bits per heavy atom. The first kappa shape index (κ1) is 15.1. The van der Waals surface area contributed by atoms with Gasteiger partial charge in [-0.15, -0.1) is 0 Å². The molecule has 1 aromatic heterocycles. The highest BCUT2D eigenvalue weighted by Gasteiger charge is 2.21. The van der Waals surface area contributed by atoms with E-state index in [-0.39, 0.29) is 16.9 Å². The summed E-state index contributed by atoms with van der Waals surface area (Å²) in [7, 11) is -3.49. The minimum atomic E-state index is -3.49. The van der Waals surface area contributed by atoms with Gasteiger partial charge < -0.3 is 5.73 Å². The summed E-state index contributed by atoms with van der Waals surface area (Å²) in [5.74, 6) is 0.251. The molecule has 0 saturated carbocycles. The van der Waals surface area contributed by atoms with Crippen molar-refractivity contribution >= 4 is 10.0 Å². The van der Waals surface area contributed by atoms with Crippen molar-refractivity contribution in [2.45, 2.75) is 44.7 Å². The molecule has 6 heteroatoms. The van der Waals surface area contributed by atoms with E-state index in [1.54, 1.807) is 6.07 Å². The molecule has 1 heterocycles. The van der Waals surface area contributed by atoms with Gasteiger partial charge in [-0.25, -0.2) is 13.1 Å². The average Bonchev–Trinajstić information content (AvgIpc) is 2.35. The lowest BCUT2D eigenvalue weighted by molar-refractivity contribution is 0.437. The average molecular weight is 271 g/mol. The van der Waals surface area contributed by atoms with E-state index in [2.05, 4.69) is 9.71 Å². The van der Waals surface area contributed by atoms with Crippen molar-refractivity contribution < 1.29 is 8.42 Å². The predicted molar refractivity (Wildman–Crippen MR) is 71.4 cm³/mol. The molecule has 1 aromatic rings. The van der Waals surface area contributed by atoms with Crippen LogP contribution in [0, 0.1) is 5.92 Å². The molecule has 1 unspecified atom stereocenters. The first-order valence-electron chi connectivity index (χ1n) is 6.08. The molecule has 18 heavy (non-hydrogen) atoms. The maximum absolute atomic E-state index is 12.1. The van der Waals surface area contributed by atoms with Gasteiger partial charge in [0.1, 0.15) is 4.90 Å². The molecular weight excluding hydrogens is 250 g/mol. The van der Waals surface area contributed by atoms with E-state index in [1.807, 2.05) is 20.8 Å². The van der Waals surface area contributed by atoms with Crippen LogP contribution in [0.3, 0.4) is 0 Å². The van der Waals surface area contributed by atoms with E-state index in [4.69, 9.17) is 5.73 Å². The van der Waals surface area contributed by atoms with E-state index in [1.165, 1.54) is 12.3 Å². The molecule has 1 rings (SSSR count). The fourth-order valence-corrected chi connectivity index (χ4v) is 3.06. The topological polar surface area (TPSA) is 85.1 Å². The van der Waals surface area contributed by atoms with Gasteiger partial charge in [-0.1, -0.05) is 20.8 Å². The molecular formula is C12H21N3O2S. The number of hydrogen-bond acceptors (Lipinski definition) is 4. The van der Waals surface area contributed by atoms with Crippen molar-refractivity contribution in [3.8, 4) is 0 Å². The van der Waals surface area contributed by atoms with Gasteiger partial charge in [-0.2, -0.15) is 0 Å². The SMILES string of the molecule is CCC(NS(=O)(=O)c1ccc(CN)nc1)C(C)C. The van der Waals surface area contributed by atoms with Crippen LogP contribution in [-0.4, -0.2) is 19.4 Å². The van der Waals surface area contributed by atoms with Crippen molar-refractivity contribution in [1.29, 1.82) is 0 Å². The van der Waals surface area contributed by atoms with Crippen molar-refractivity contribution in [2.24, 2.45) is 11.7 Å². The Labute approximate surface area is 109 Å². The molecule has 0 aliphatic heterocycles. The molecule has 5 nitrogen and oxygen atoms in total. The highest BCUT2D eigenvalue weighted by molar-refractivity contribution is 7.89. The van der Waals surface area contributed by atoms with Crippen molar-refractivity contribution in [3.05, 3.63) is 24.0 Å².